The van der Waals surface area contributed by atoms with Gasteiger partial charge < -0.3 is 0 Å². The second kappa shape index (κ2) is 11.6. The first-order valence-electron chi connectivity index (χ1n) is 16.3. The molecule has 5 aromatic rings. The maximum atomic E-state index is 14.0. The molecule has 6 nitrogen and oxygen atoms in total. The van der Waals surface area contributed by atoms with Gasteiger partial charge >= 0.3 is 0 Å². The number of carbonyl (C=O) groups is 4. The molecule has 0 bridgehead atoms. The molecule has 48 heavy (non-hydrogen) atoms. The zero-order valence-corrected chi connectivity index (χ0v) is 27.9. The molecule has 4 amide bonds. The maximum absolute atomic E-state index is 14.0. The number of amides is 4. The van der Waals surface area contributed by atoms with Gasteiger partial charge in [0.1, 0.15) is 0 Å². The molecule has 7 rings (SSSR count). The Bertz CT molecular complexity index is 2020. The van der Waals surface area contributed by atoms with Crippen LogP contribution in [0.4, 0.5) is 11.4 Å². The third-order valence-corrected chi connectivity index (χ3v) is 9.42. The van der Waals surface area contributed by atoms with Gasteiger partial charge in [0.2, 0.25) is 0 Å². The molecule has 0 atom stereocenters. The van der Waals surface area contributed by atoms with Gasteiger partial charge in [-0.2, -0.15) is 0 Å². The lowest BCUT2D eigenvalue weighted by Crippen LogP contribution is -2.33. The summed E-state index contributed by atoms with van der Waals surface area (Å²) in [4.78, 5) is 58.4. The predicted octanol–water partition coefficient (Wildman–Crippen LogP) is 9.49. The molecule has 0 aliphatic carbocycles. The summed E-state index contributed by atoms with van der Waals surface area (Å²) in [6, 6.07) is 30.3. The summed E-state index contributed by atoms with van der Waals surface area (Å²) in [6.07, 6.45) is 0. The smallest absolute Gasteiger partial charge is 0.266 e. The van der Waals surface area contributed by atoms with Crippen molar-refractivity contribution in [3.05, 3.63) is 142 Å². The fraction of sp³-hybridized carbons (Fsp3) is 0.190. The lowest BCUT2D eigenvalue weighted by molar-refractivity contribution is 0.0909. The molecule has 0 aromatic heterocycles. The first-order valence-corrected chi connectivity index (χ1v) is 16.3. The summed E-state index contributed by atoms with van der Waals surface area (Å²) < 4.78 is 0. The van der Waals surface area contributed by atoms with Crippen molar-refractivity contribution in [1.29, 1.82) is 0 Å². The summed E-state index contributed by atoms with van der Waals surface area (Å²) >= 11 is 0. The van der Waals surface area contributed by atoms with Gasteiger partial charge in [0.05, 0.1) is 33.6 Å². The number of aryl methyl sites for hydroxylation is 2. The fourth-order valence-electron chi connectivity index (χ4n) is 6.99. The zero-order chi connectivity index (χ0) is 34.0. The zero-order valence-electron chi connectivity index (χ0n) is 27.9. The Morgan fingerprint density at radius 3 is 1.04 bits per heavy atom. The summed E-state index contributed by atoms with van der Waals surface area (Å²) in [6.45, 7) is 12.0. The van der Waals surface area contributed by atoms with Crippen LogP contribution in [0.1, 0.15) is 103 Å². The molecule has 2 aliphatic heterocycles. The summed E-state index contributed by atoms with van der Waals surface area (Å²) in [5, 5.41) is 0. The Morgan fingerprint density at radius 1 is 0.396 bits per heavy atom. The third kappa shape index (κ3) is 4.87. The number of hydrogen-bond donors (Lipinski definition) is 0. The standard InChI is InChI=1S/C42H36N2O4/c1-23(2)37-35(43-39(45)31-17-15-29(21-33(31)41(43)47)27-11-7-25(5)8-12-27)19-20-36(38(37)24(3)4)44-40(46)32-18-16-30(22-34(32)42(44)48)28-13-9-26(6)10-14-28/h7-24H,1-6H3. The minimum absolute atomic E-state index is 0.131. The molecule has 0 N–H and O–H groups in total. The van der Waals surface area contributed by atoms with Crippen molar-refractivity contribution in [2.24, 2.45) is 0 Å². The Balaban J connectivity index is 1.30. The molecule has 5 aromatic carbocycles. The number of anilines is 2. The van der Waals surface area contributed by atoms with Crippen LogP contribution in [-0.2, 0) is 0 Å². The molecule has 2 aliphatic rings. The van der Waals surface area contributed by atoms with Gasteiger partial charge in [-0.05, 0) is 95.5 Å². The number of rotatable bonds is 6. The van der Waals surface area contributed by atoms with Crippen LogP contribution < -0.4 is 9.80 Å². The first kappa shape index (κ1) is 31.0. The van der Waals surface area contributed by atoms with Crippen molar-refractivity contribution in [3.63, 3.8) is 0 Å². The number of nitrogens with zero attached hydrogens (tertiary/aromatic N) is 2. The number of imide groups is 2. The van der Waals surface area contributed by atoms with E-state index in [0.717, 1.165) is 44.5 Å². The van der Waals surface area contributed by atoms with E-state index < -0.39 is 11.8 Å². The van der Waals surface area contributed by atoms with Crippen LogP contribution in [0.3, 0.4) is 0 Å². The highest BCUT2D eigenvalue weighted by atomic mass is 16.2. The molecule has 0 unspecified atom stereocenters. The topological polar surface area (TPSA) is 74.8 Å². The molecule has 0 saturated carbocycles. The molecule has 0 saturated heterocycles. The van der Waals surface area contributed by atoms with Crippen LogP contribution in [0, 0.1) is 13.8 Å². The summed E-state index contributed by atoms with van der Waals surface area (Å²) in [7, 11) is 0. The third-order valence-electron chi connectivity index (χ3n) is 9.42. The van der Waals surface area contributed by atoms with Crippen LogP contribution >= 0.6 is 0 Å². The van der Waals surface area contributed by atoms with Gasteiger partial charge in [-0.25, -0.2) is 9.80 Å². The highest BCUT2D eigenvalue weighted by molar-refractivity contribution is 6.36. The van der Waals surface area contributed by atoms with Gasteiger partial charge in [0, 0.05) is 0 Å². The maximum Gasteiger partial charge on any atom is 0.266 e. The van der Waals surface area contributed by atoms with E-state index in [1.807, 2.05) is 102 Å². The molecule has 0 fully saturated rings. The molecule has 238 valence electrons. The largest absolute Gasteiger partial charge is 0.268 e. The minimum Gasteiger partial charge on any atom is -0.268 e. The first-order chi connectivity index (χ1) is 23.0. The Labute approximate surface area is 280 Å². The normalized spacial score (nSPS) is 14.1. The molecule has 0 radical (unpaired) electrons. The monoisotopic (exact) mass is 632 g/mol. The second-order valence-corrected chi connectivity index (χ2v) is 13.4. The van der Waals surface area contributed by atoms with Crippen LogP contribution in [0.25, 0.3) is 22.3 Å². The van der Waals surface area contributed by atoms with E-state index in [9.17, 15) is 19.2 Å². The molecule has 0 spiro atoms. The van der Waals surface area contributed by atoms with Crippen LogP contribution in [-0.4, -0.2) is 23.6 Å². The molecule has 6 heteroatoms. The fourth-order valence-corrected chi connectivity index (χ4v) is 6.99. The minimum atomic E-state index is -0.391. The lowest BCUT2D eigenvalue weighted by atomic mass is 9.86. The average molecular weight is 633 g/mol. The number of benzene rings is 5. The van der Waals surface area contributed by atoms with Crippen LogP contribution in [0.2, 0.25) is 0 Å². The molecular weight excluding hydrogens is 596 g/mol. The van der Waals surface area contributed by atoms with E-state index in [4.69, 9.17) is 0 Å². The van der Waals surface area contributed by atoms with E-state index in [1.165, 1.54) is 9.80 Å². The van der Waals surface area contributed by atoms with Crippen molar-refractivity contribution in [1.82, 2.24) is 0 Å². The van der Waals surface area contributed by atoms with E-state index in [2.05, 4.69) is 0 Å². The lowest BCUT2D eigenvalue weighted by Gasteiger charge is -2.29. The van der Waals surface area contributed by atoms with E-state index in [0.29, 0.717) is 33.6 Å². The Morgan fingerprint density at radius 2 is 0.708 bits per heavy atom. The molecule has 2 heterocycles. The molecular formula is C42H36N2O4. The SMILES string of the molecule is Cc1ccc(-c2ccc3c(c2)C(=O)N(c2ccc(N4C(=O)c5ccc(-c6ccc(C)cc6)cc5C4=O)c(C(C)C)c2C(C)C)C3=O)cc1. The van der Waals surface area contributed by atoms with E-state index >= 15 is 0 Å². The van der Waals surface area contributed by atoms with Gasteiger partial charge in [0.25, 0.3) is 23.6 Å². The van der Waals surface area contributed by atoms with E-state index in [1.54, 1.807) is 36.4 Å². The van der Waals surface area contributed by atoms with Crippen LogP contribution in [0.5, 0.6) is 0 Å². The quantitative estimate of drug-likeness (QED) is 0.175. The Kier molecular flexibility index (Phi) is 7.47. The average Bonchev–Trinajstić information content (AvgIpc) is 3.47. The number of hydrogen-bond acceptors (Lipinski definition) is 4. The second-order valence-electron chi connectivity index (χ2n) is 13.4. The van der Waals surface area contributed by atoms with Crippen molar-refractivity contribution in [2.45, 2.75) is 53.4 Å². The number of carbonyl (C=O) groups excluding carboxylic acids is 4. The summed E-state index contributed by atoms with van der Waals surface area (Å²) in [5.41, 5.74) is 9.78. The van der Waals surface area contributed by atoms with Crippen molar-refractivity contribution in [3.8, 4) is 22.3 Å². The van der Waals surface area contributed by atoms with Gasteiger partial charge in [-0.15, -0.1) is 0 Å². The van der Waals surface area contributed by atoms with Gasteiger partial charge in [0.15, 0.2) is 0 Å². The van der Waals surface area contributed by atoms with Crippen molar-refractivity contribution >= 4 is 35.0 Å². The van der Waals surface area contributed by atoms with Gasteiger partial charge in [-0.3, -0.25) is 19.2 Å². The van der Waals surface area contributed by atoms with E-state index in [-0.39, 0.29) is 23.7 Å². The van der Waals surface area contributed by atoms with Gasteiger partial charge in [-0.1, -0.05) is 99.5 Å². The predicted molar refractivity (Wildman–Crippen MR) is 190 cm³/mol. The van der Waals surface area contributed by atoms with Crippen molar-refractivity contribution in [2.75, 3.05) is 9.80 Å². The van der Waals surface area contributed by atoms with Crippen LogP contribution in [0.15, 0.2) is 97.1 Å². The highest BCUT2D eigenvalue weighted by Gasteiger charge is 2.42. The number of fused-ring (bicyclic) bond motifs is 2. The highest BCUT2D eigenvalue weighted by Crippen LogP contribution is 2.45. The summed E-state index contributed by atoms with van der Waals surface area (Å²) in [5.74, 6) is -1.82. The Hall–Kier alpha value is -5.62. The van der Waals surface area contributed by atoms with Crippen molar-refractivity contribution < 1.29 is 19.2 Å².